The lowest BCUT2D eigenvalue weighted by molar-refractivity contribution is 0.157. The van der Waals surface area contributed by atoms with Crippen LogP contribution in [0.4, 0.5) is 0 Å². The van der Waals surface area contributed by atoms with Crippen LogP contribution in [0.5, 0.6) is 0 Å². The van der Waals surface area contributed by atoms with Gasteiger partial charge in [-0.2, -0.15) is 0 Å². The van der Waals surface area contributed by atoms with Crippen LogP contribution in [0.2, 0.25) is 0 Å². The Morgan fingerprint density at radius 1 is 1.33 bits per heavy atom. The maximum atomic E-state index is 10.0. The van der Waals surface area contributed by atoms with E-state index in [-0.39, 0.29) is 6.10 Å². The van der Waals surface area contributed by atoms with E-state index >= 15 is 0 Å². The first-order chi connectivity index (χ1) is 7.24. The molecule has 78 valence electrons. The number of fused-ring (bicyclic) bond motifs is 1. The van der Waals surface area contributed by atoms with Gasteiger partial charge in [0.25, 0.3) is 0 Å². The topological polar surface area (TPSA) is 20.2 Å². The van der Waals surface area contributed by atoms with Crippen molar-refractivity contribution in [3.8, 4) is 0 Å². The van der Waals surface area contributed by atoms with Crippen LogP contribution in [-0.2, 0) is 0 Å². The zero-order chi connectivity index (χ0) is 10.4. The van der Waals surface area contributed by atoms with Crippen molar-refractivity contribution in [3.05, 3.63) is 33.6 Å². The quantitative estimate of drug-likeness (QED) is 0.879. The fraction of sp³-hybridized carbons (Fsp3) is 0.333. The molecule has 0 radical (unpaired) electrons. The standard InChI is InChI=1S/C12H11BrOS/c13-9-3-4-10-8(5-9)6-11(15-10)12(14)7-1-2-7/h3-7,12,14H,1-2H2. The molecule has 0 saturated heterocycles. The smallest absolute Gasteiger partial charge is 0.0910 e. The Labute approximate surface area is 101 Å². The summed E-state index contributed by atoms with van der Waals surface area (Å²) in [7, 11) is 0. The average molecular weight is 283 g/mol. The van der Waals surface area contributed by atoms with Gasteiger partial charge in [-0.3, -0.25) is 0 Å². The third-order valence-electron chi connectivity index (χ3n) is 2.86. The molecule has 1 atom stereocenters. The molecule has 1 nitrogen and oxygen atoms in total. The third-order valence-corrected chi connectivity index (χ3v) is 4.54. The average Bonchev–Trinajstić information content (AvgIpc) is 2.97. The highest BCUT2D eigenvalue weighted by molar-refractivity contribution is 9.10. The Morgan fingerprint density at radius 3 is 2.87 bits per heavy atom. The highest BCUT2D eigenvalue weighted by atomic mass is 79.9. The van der Waals surface area contributed by atoms with Crippen molar-refractivity contribution in [2.45, 2.75) is 18.9 Å². The zero-order valence-corrected chi connectivity index (χ0v) is 10.5. The Bertz CT molecular complexity index is 501. The van der Waals surface area contributed by atoms with E-state index in [1.165, 1.54) is 22.9 Å². The van der Waals surface area contributed by atoms with E-state index in [4.69, 9.17) is 0 Å². The lowest BCUT2D eigenvalue weighted by Gasteiger charge is -2.04. The highest BCUT2D eigenvalue weighted by Crippen LogP contribution is 2.44. The van der Waals surface area contributed by atoms with Crippen LogP contribution in [0.15, 0.2) is 28.7 Å². The molecule has 1 aromatic carbocycles. The Morgan fingerprint density at radius 2 is 2.13 bits per heavy atom. The fourth-order valence-corrected chi connectivity index (χ4v) is 3.33. The van der Waals surface area contributed by atoms with E-state index in [0.29, 0.717) is 5.92 Å². The molecule has 0 bridgehead atoms. The minimum Gasteiger partial charge on any atom is -0.387 e. The van der Waals surface area contributed by atoms with Crippen LogP contribution < -0.4 is 0 Å². The van der Waals surface area contributed by atoms with Crippen molar-refractivity contribution in [2.24, 2.45) is 5.92 Å². The van der Waals surface area contributed by atoms with Gasteiger partial charge in [0, 0.05) is 14.0 Å². The number of hydrogen-bond donors (Lipinski definition) is 1. The monoisotopic (exact) mass is 282 g/mol. The normalized spacial score (nSPS) is 18.3. The van der Waals surface area contributed by atoms with Gasteiger partial charge >= 0.3 is 0 Å². The number of aliphatic hydroxyl groups excluding tert-OH is 1. The van der Waals surface area contributed by atoms with Crippen molar-refractivity contribution < 1.29 is 5.11 Å². The second-order valence-corrected chi connectivity index (χ2v) is 6.14. The molecule has 3 heteroatoms. The number of aliphatic hydroxyl groups is 1. The predicted molar refractivity (Wildman–Crippen MR) is 67.2 cm³/mol. The predicted octanol–water partition coefficient (Wildman–Crippen LogP) is 4.11. The van der Waals surface area contributed by atoms with Gasteiger partial charge in [0.05, 0.1) is 6.10 Å². The third kappa shape index (κ3) is 1.84. The minimum absolute atomic E-state index is 0.235. The van der Waals surface area contributed by atoms with Gasteiger partial charge in [0.2, 0.25) is 0 Å². The van der Waals surface area contributed by atoms with E-state index in [2.05, 4.69) is 34.1 Å². The number of hydrogen-bond acceptors (Lipinski definition) is 2. The zero-order valence-electron chi connectivity index (χ0n) is 8.11. The summed E-state index contributed by atoms with van der Waals surface area (Å²) >= 11 is 5.17. The van der Waals surface area contributed by atoms with Gasteiger partial charge in [0.1, 0.15) is 0 Å². The summed E-state index contributed by atoms with van der Waals surface area (Å²) in [4.78, 5) is 1.12. The first-order valence-electron chi connectivity index (χ1n) is 5.11. The van der Waals surface area contributed by atoms with Gasteiger partial charge in [-0.15, -0.1) is 11.3 Å². The van der Waals surface area contributed by atoms with E-state index in [9.17, 15) is 5.11 Å². The van der Waals surface area contributed by atoms with Crippen molar-refractivity contribution >= 4 is 37.4 Å². The fourth-order valence-electron chi connectivity index (χ4n) is 1.82. The number of thiophene rings is 1. The Balaban J connectivity index is 2.05. The Hall–Kier alpha value is -0.380. The van der Waals surface area contributed by atoms with Gasteiger partial charge in [-0.1, -0.05) is 15.9 Å². The van der Waals surface area contributed by atoms with E-state index in [0.717, 1.165) is 9.35 Å². The molecule has 0 amide bonds. The lowest BCUT2D eigenvalue weighted by atomic mass is 10.2. The van der Waals surface area contributed by atoms with Crippen molar-refractivity contribution in [1.29, 1.82) is 0 Å². The van der Waals surface area contributed by atoms with Crippen molar-refractivity contribution in [3.63, 3.8) is 0 Å². The van der Waals surface area contributed by atoms with Crippen LogP contribution >= 0.6 is 27.3 Å². The molecule has 1 aliphatic rings. The summed E-state index contributed by atoms with van der Waals surface area (Å²) in [5.41, 5.74) is 0. The molecule has 0 spiro atoms. The molecular formula is C12H11BrOS. The van der Waals surface area contributed by atoms with Crippen molar-refractivity contribution in [1.82, 2.24) is 0 Å². The molecule has 0 aliphatic heterocycles. The molecule has 1 unspecified atom stereocenters. The summed E-state index contributed by atoms with van der Waals surface area (Å²) < 4.78 is 2.35. The van der Waals surface area contributed by atoms with Gasteiger partial charge in [-0.05, 0) is 48.4 Å². The van der Waals surface area contributed by atoms with Crippen LogP contribution in [0.25, 0.3) is 10.1 Å². The van der Waals surface area contributed by atoms with E-state index in [1.807, 2.05) is 6.07 Å². The summed E-state index contributed by atoms with van der Waals surface area (Å²) in [5, 5.41) is 11.3. The summed E-state index contributed by atoms with van der Waals surface area (Å²) in [6, 6.07) is 8.38. The molecule has 1 fully saturated rings. The second-order valence-electron chi connectivity index (χ2n) is 4.11. The number of halogens is 1. The molecule has 1 N–H and O–H groups in total. The second kappa shape index (κ2) is 3.58. The van der Waals surface area contributed by atoms with Gasteiger partial charge in [-0.25, -0.2) is 0 Å². The van der Waals surface area contributed by atoms with Crippen LogP contribution in [0.3, 0.4) is 0 Å². The van der Waals surface area contributed by atoms with Crippen LogP contribution in [0.1, 0.15) is 23.8 Å². The SMILES string of the molecule is OC(c1cc2cc(Br)ccc2s1)C1CC1. The molecule has 1 heterocycles. The molecule has 1 aliphatic carbocycles. The van der Waals surface area contributed by atoms with Crippen LogP contribution in [-0.4, -0.2) is 5.11 Å². The maximum Gasteiger partial charge on any atom is 0.0910 e. The molecule has 15 heavy (non-hydrogen) atoms. The molecular weight excluding hydrogens is 272 g/mol. The molecule has 2 aromatic rings. The minimum atomic E-state index is -0.235. The highest BCUT2D eigenvalue weighted by Gasteiger charge is 2.31. The summed E-state index contributed by atoms with van der Waals surface area (Å²) in [6.07, 6.45) is 2.12. The number of benzene rings is 1. The Kier molecular flexibility index (Phi) is 2.34. The van der Waals surface area contributed by atoms with E-state index < -0.39 is 0 Å². The summed E-state index contributed by atoms with van der Waals surface area (Å²) in [5.74, 6) is 0.515. The lowest BCUT2D eigenvalue weighted by Crippen LogP contribution is -1.95. The van der Waals surface area contributed by atoms with Gasteiger partial charge < -0.3 is 5.11 Å². The maximum absolute atomic E-state index is 10.0. The first kappa shape index (κ1) is 9.82. The molecule has 1 aromatic heterocycles. The van der Waals surface area contributed by atoms with Gasteiger partial charge in [0.15, 0.2) is 0 Å². The summed E-state index contributed by atoms with van der Waals surface area (Å²) in [6.45, 7) is 0. The molecule has 1 saturated carbocycles. The van der Waals surface area contributed by atoms with Crippen LogP contribution in [0, 0.1) is 5.92 Å². The van der Waals surface area contributed by atoms with E-state index in [1.54, 1.807) is 11.3 Å². The van der Waals surface area contributed by atoms with Crippen molar-refractivity contribution in [2.75, 3.05) is 0 Å². The first-order valence-corrected chi connectivity index (χ1v) is 6.72. The molecule has 3 rings (SSSR count). The number of rotatable bonds is 2. The largest absolute Gasteiger partial charge is 0.387 e.